The van der Waals surface area contributed by atoms with Gasteiger partial charge >= 0.3 is 0 Å². The highest BCUT2D eigenvalue weighted by atomic mass is 127. The summed E-state index contributed by atoms with van der Waals surface area (Å²) in [6.45, 7) is 8.13. The summed E-state index contributed by atoms with van der Waals surface area (Å²) in [6.07, 6.45) is 6.26. The lowest BCUT2D eigenvalue weighted by Gasteiger charge is -2.35. The molecule has 1 amide bonds. The van der Waals surface area contributed by atoms with Crippen LogP contribution >= 0.6 is 24.0 Å². The fourth-order valence-corrected chi connectivity index (χ4v) is 4.64. The standard InChI is InChI=1S/C24H35N7O.HI/c1-19-5-4-10-29(15-19)16-21-8-6-20(7-9-21)13-26-24(25-2)30-11-12-31(23(32)18-30)22-14-27-28(3)17-22;/h6-9,14,17,19H,4-5,10-13,15-16,18H2,1-3H3,(H,25,26);1H. The number of benzene rings is 1. The molecular formula is C24H36IN7O. The van der Waals surface area contributed by atoms with Crippen molar-refractivity contribution in [2.24, 2.45) is 18.0 Å². The SMILES string of the molecule is CN=C(NCc1ccc(CN2CCCC(C)C2)cc1)N1CCN(c2cnn(C)c2)C(=O)C1.I. The molecule has 33 heavy (non-hydrogen) atoms. The van der Waals surface area contributed by atoms with Gasteiger partial charge in [-0.15, -0.1) is 24.0 Å². The van der Waals surface area contributed by atoms with Gasteiger partial charge in [-0.25, -0.2) is 0 Å². The number of aliphatic imine (C=N–C) groups is 1. The van der Waals surface area contributed by atoms with Gasteiger partial charge < -0.3 is 15.1 Å². The van der Waals surface area contributed by atoms with Gasteiger partial charge in [0, 0.05) is 53.0 Å². The van der Waals surface area contributed by atoms with Crippen molar-refractivity contribution in [2.45, 2.75) is 32.9 Å². The number of guanidine groups is 1. The Kier molecular flexibility index (Phi) is 9.13. The lowest BCUT2D eigenvalue weighted by Crippen LogP contribution is -2.55. The molecule has 9 heteroatoms. The van der Waals surface area contributed by atoms with E-state index in [0.29, 0.717) is 19.6 Å². The zero-order chi connectivity index (χ0) is 22.5. The van der Waals surface area contributed by atoms with Crippen LogP contribution in [-0.4, -0.2) is 71.2 Å². The molecule has 0 saturated carbocycles. The van der Waals surface area contributed by atoms with Crippen molar-refractivity contribution in [1.29, 1.82) is 0 Å². The summed E-state index contributed by atoms with van der Waals surface area (Å²) < 4.78 is 1.72. The van der Waals surface area contributed by atoms with Gasteiger partial charge in [0.05, 0.1) is 11.9 Å². The third-order valence-electron chi connectivity index (χ3n) is 6.36. The maximum atomic E-state index is 12.7. The Balaban J connectivity index is 0.00000306. The Morgan fingerprint density at radius 3 is 2.58 bits per heavy atom. The van der Waals surface area contributed by atoms with Crippen LogP contribution in [0.5, 0.6) is 0 Å². The third-order valence-corrected chi connectivity index (χ3v) is 6.36. The van der Waals surface area contributed by atoms with Crippen molar-refractivity contribution in [3.8, 4) is 0 Å². The van der Waals surface area contributed by atoms with E-state index in [1.807, 2.05) is 18.1 Å². The van der Waals surface area contributed by atoms with Crippen LogP contribution in [0, 0.1) is 5.92 Å². The van der Waals surface area contributed by atoms with E-state index in [-0.39, 0.29) is 29.9 Å². The number of aryl methyl sites for hydroxylation is 1. The summed E-state index contributed by atoms with van der Waals surface area (Å²) in [6, 6.07) is 8.84. The molecule has 1 aromatic carbocycles. The first-order valence-corrected chi connectivity index (χ1v) is 11.6. The number of aromatic nitrogens is 2. The van der Waals surface area contributed by atoms with Gasteiger partial charge in [0.1, 0.15) is 6.54 Å². The number of anilines is 1. The Bertz CT molecular complexity index is 943. The van der Waals surface area contributed by atoms with Crippen LogP contribution in [-0.2, 0) is 24.9 Å². The van der Waals surface area contributed by atoms with Crippen LogP contribution in [0.15, 0.2) is 41.7 Å². The molecule has 2 aromatic rings. The molecule has 2 aliphatic rings. The maximum absolute atomic E-state index is 12.7. The topological polar surface area (TPSA) is 69.0 Å². The highest BCUT2D eigenvalue weighted by Gasteiger charge is 2.27. The fraction of sp³-hybridized carbons (Fsp3) is 0.542. The lowest BCUT2D eigenvalue weighted by molar-refractivity contribution is -0.120. The molecule has 4 rings (SSSR count). The average Bonchev–Trinajstić information content (AvgIpc) is 3.21. The van der Waals surface area contributed by atoms with Crippen LogP contribution in [0.25, 0.3) is 0 Å². The van der Waals surface area contributed by atoms with E-state index in [2.05, 4.69) is 51.5 Å². The van der Waals surface area contributed by atoms with Gasteiger partial charge in [-0.05, 0) is 36.4 Å². The second kappa shape index (κ2) is 11.8. The van der Waals surface area contributed by atoms with Crippen LogP contribution in [0.1, 0.15) is 30.9 Å². The molecule has 180 valence electrons. The first kappa shape index (κ1) is 25.5. The minimum absolute atomic E-state index is 0. The van der Waals surface area contributed by atoms with Crippen molar-refractivity contribution in [3.63, 3.8) is 0 Å². The predicted octanol–water partition coefficient (Wildman–Crippen LogP) is 2.69. The number of rotatable bonds is 5. The summed E-state index contributed by atoms with van der Waals surface area (Å²) in [7, 11) is 3.62. The molecule has 2 aliphatic heterocycles. The van der Waals surface area contributed by atoms with Gasteiger partial charge in [0.25, 0.3) is 0 Å². The fourth-order valence-electron chi connectivity index (χ4n) is 4.64. The number of carbonyl (C=O) groups is 1. The number of piperidine rings is 1. The number of amides is 1. The highest BCUT2D eigenvalue weighted by Crippen LogP contribution is 2.18. The molecule has 1 atom stereocenters. The monoisotopic (exact) mass is 565 g/mol. The number of nitrogens with one attached hydrogen (secondary N) is 1. The molecule has 2 fully saturated rings. The van der Waals surface area contributed by atoms with Gasteiger partial charge in [-0.1, -0.05) is 31.2 Å². The molecule has 1 unspecified atom stereocenters. The number of carbonyl (C=O) groups excluding carboxylic acids is 1. The predicted molar refractivity (Wildman–Crippen MR) is 143 cm³/mol. The first-order valence-electron chi connectivity index (χ1n) is 11.6. The average molecular weight is 566 g/mol. The molecule has 0 aliphatic carbocycles. The van der Waals surface area contributed by atoms with Crippen molar-refractivity contribution >= 4 is 41.5 Å². The second-order valence-corrected chi connectivity index (χ2v) is 9.04. The van der Waals surface area contributed by atoms with Crippen LogP contribution in [0.3, 0.4) is 0 Å². The molecule has 0 bridgehead atoms. The minimum atomic E-state index is 0. The molecule has 2 saturated heterocycles. The number of likely N-dealkylation sites (tertiary alicyclic amines) is 1. The Labute approximate surface area is 214 Å². The zero-order valence-electron chi connectivity index (χ0n) is 19.9. The molecule has 0 spiro atoms. The molecule has 1 aromatic heterocycles. The van der Waals surface area contributed by atoms with Gasteiger partial charge in [-0.2, -0.15) is 5.10 Å². The number of piperazine rings is 1. The van der Waals surface area contributed by atoms with E-state index < -0.39 is 0 Å². The van der Waals surface area contributed by atoms with E-state index in [0.717, 1.165) is 30.7 Å². The highest BCUT2D eigenvalue weighted by molar-refractivity contribution is 14.0. The molecule has 1 N–H and O–H groups in total. The zero-order valence-corrected chi connectivity index (χ0v) is 22.2. The number of nitrogens with zero attached hydrogens (tertiary/aromatic N) is 6. The summed E-state index contributed by atoms with van der Waals surface area (Å²) >= 11 is 0. The quantitative estimate of drug-likeness (QED) is 0.343. The van der Waals surface area contributed by atoms with Crippen LogP contribution in [0.2, 0.25) is 0 Å². The summed E-state index contributed by atoms with van der Waals surface area (Å²) in [5.41, 5.74) is 3.42. The molecule has 3 heterocycles. The van der Waals surface area contributed by atoms with Crippen molar-refractivity contribution in [3.05, 3.63) is 47.8 Å². The molecular weight excluding hydrogens is 529 g/mol. The first-order chi connectivity index (χ1) is 15.5. The van der Waals surface area contributed by atoms with Crippen LogP contribution in [0.4, 0.5) is 5.69 Å². The van der Waals surface area contributed by atoms with Gasteiger partial charge in [-0.3, -0.25) is 19.4 Å². The summed E-state index contributed by atoms with van der Waals surface area (Å²) in [4.78, 5) is 23.5. The Morgan fingerprint density at radius 2 is 1.94 bits per heavy atom. The second-order valence-electron chi connectivity index (χ2n) is 9.04. The smallest absolute Gasteiger partial charge is 0.246 e. The lowest BCUT2D eigenvalue weighted by atomic mass is 9.99. The van der Waals surface area contributed by atoms with Crippen molar-refractivity contribution in [2.75, 3.05) is 44.7 Å². The van der Waals surface area contributed by atoms with Crippen molar-refractivity contribution in [1.82, 2.24) is 24.9 Å². The summed E-state index contributed by atoms with van der Waals surface area (Å²) in [5, 5.41) is 7.59. The number of hydrogen-bond donors (Lipinski definition) is 1. The third kappa shape index (κ3) is 6.69. The summed E-state index contributed by atoms with van der Waals surface area (Å²) in [5.74, 6) is 1.62. The maximum Gasteiger partial charge on any atom is 0.246 e. The van der Waals surface area contributed by atoms with E-state index >= 15 is 0 Å². The van der Waals surface area contributed by atoms with E-state index in [1.54, 1.807) is 22.8 Å². The van der Waals surface area contributed by atoms with Gasteiger partial charge in [0.2, 0.25) is 5.91 Å². The normalized spacial score (nSPS) is 20.0. The van der Waals surface area contributed by atoms with E-state index in [9.17, 15) is 4.79 Å². The molecule has 8 nitrogen and oxygen atoms in total. The number of halogens is 1. The number of hydrogen-bond acceptors (Lipinski definition) is 4. The van der Waals surface area contributed by atoms with Crippen molar-refractivity contribution < 1.29 is 4.79 Å². The minimum Gasteiger partial charge on any atom is -0.352 e. The van der Waals surface area contributed by atoms with Crippen LogP contribution < -0.4 is 10.2 Å². The molecule has 0 radical (unpaired) electrons. The largest absolute Gasteiger partial charge is 0.352 e. The van der Waals surface area contributed by atoms with E-state index in [4.69, 9.17) is 0 Å². The Morgan fingerprint density at radius 1 is 1.18 bits per heavy atom. The van der Waals surface area contributed by atoms with Gasteiger partial charge in [0.15, 0.2) is 5.96 Å². The van der Waals surface area contributed by atoms with E-state index in [1.165, 1.54) is 37.1 Å². The Hall–Kier alpha value is -2.14.